The van der Waals surface area contributed by atoms with Crippen LogP contribution in [0, 0.1) is 17.3 Å². The number of allylic oxidation sites excluding steroid dienone is 6. The van der Waals surface area contributed by atoms with E-state index in [0.29, 0.717) is 11.8 Å². The maximum Gasteiger partial charge on any atom is 0.215 e. The van der Waals surface area contributed by atoms with Crippen LogP contribution < -0.4 is 0 Å². The van der Waals surface area contributed by atoms with Gasteiger partial charge in [-0.25, -0.2) is 0 Å². The second kappa shape index (κ2) is 14.7. The molecule has 2 aliphatic heterocycles. The maximum absolute atomic E-state index is 9.00. The minimum atomic E-state index is -0.991. The minimum absolute atomic E-state index is 0.347. The molecule has 4 atom stereocenters. The van der Waals surface area contributed by atoms with Gasteiger partial charge in [0.1, 0.15) is 0 Å². The van der Waals surface area contributed by atoms with Crippen molar-refractivity contribution in [2.45, 2.75) is 126 Å². The van der Waals surface area contributed by atoms with Crippen molar-refractivity contribution >= 4 is 0 Å². The van der Waals surface area contributed by atoms with Gasteiger partial charge in [0.2, 0.25) is 5.72 Å². The molecule has 4 heteroatoms. The van der Waals surface area contributed by atoms with E-state index in [2.05, 4.69) is 120 Å². The van der Waals surface area contributed by atoms with E-state index in [9.17, 15) is 0 Å². The van der Waals surface area contributed by atoms with Gasteiger partial charge in [0.15, 0.2) is 5.76 Å². The maximum atomic E-state index is 9.00. The van der Waals surface area contributed by atoms with E-state index in [1.165, 1.54) is 100 Å². The zero-order valence-corrected chi connectivity index (χ0v) is 31.6. The zero-order chi connectivity index (χ0) is 35.6. The number of rotatable bonds is 8. The van der Waals surface area contributed by atoms with E-state index in [4.69, 9.17) is 14.1 Å². The Labute approximate surface area is 317 Å². The highest BCUT2D eigenvalue weighted by Crippen LogP contribution is 2.80. The lowest BCUT2D eigenvalue weighted by molar-refractivity contribution is -0.243. The van der Waals surface area contributed by atoms with Crippen molar-refractivity contribution in [3.63, 3.8) is 0 Å². The minimum Gasteiger partial charge on any atom is -0.464 e. The first-order valence-corrected chi connectivity index (χ1v) is 21.2. The third kappa shape index (κ3) is 5.14. The summed E-state index contributed by atoms with van der Waals surface area (Å²) >= 11 is 0. The van der Waals surface area contributed by atoms with Gasteiger partial charge in [-0.15, -0.1) is 0 Å². The van der Waals surface area contributed by atoms with E-state index in [1.54, 1.807) is 0 Å². The molecule has 53 heavy (non-hydrogen) atoms. The highest BCUT2D eigenvalue weighted by atomic mass is 16.6. The number of nitrogens with zero attached hydrogens (tertiary/aromatic N) is 2. The van der Waals surface area contributed by atoms with Crippen LogP contribution in [0.15, 0.2) is 137 Å². The number of benzene rings is 1. The topological polar surface area (TPSA) is 38.5 Å². The predicted molar refractivity (Wildman–Crippen MR) is 214 cm³/mol. The first kappa shape index (κ1) is 34.9. The van der Waals surface area contributed by atoms with Crippen LogP contribution in [-0.4, -0.2) is 22.0 Å². The Kier molecular flexibility index (Phi) is 9.69. The molecule has 4 unspecified atom stereocenters. The van der Waals surface area contributed by atoms with Crippen molar-refractivity contribution < 1.29 is 9.15 Å². The normalized spacial score (nSPS) is 32.7. The SMILES string of the molecule is C1=CCCC(C2(C3=CCCCC3)C(c3ccco3)(N3C=CC=CC3)OC(C3CCCCCC3)(C3CCCCC3)C2(c2ccccc2)c2ccccn2)=C1. The number of pyridine rings is 1. The molecule has 2 saturated carbocycles. The van der Waals surface area contributed by atoms with Crippen LogP contribution in [0.1, 0.15) is 126 Å². The fourth-order valence-corrected chi connectivity index (χ4v) is 12.6. The Morgan fingerprint density at radius 3 is 2.04 bits per heavy atom. The Bertz CT molecular complexity index is 1800. The Hall–Kier alpha value is -3.89. The van der Waals surface area contributed by atoms with E-state index in [0.717, 1.165) is 43.7 Å². The Morgan fingerprint density at radius 2 is 1.42 bits per heavy atom. The van der Waals surface area contributed by atoms with Crippen LogP contribution in [0.25, 0.3) is 0 Å². The quantitative estimate of drug-likeness (QED) is 0.173. The van der Waals surface area contributed by atoms with Crippen molar-refractivity contribution in [2.75, 3.05) is 6.54 Å². The van der Waals surface area contributed by atoms with Crippen LogP contribution in [0.5, 0.6) is 0 Å². The molecule has 3 aromatic rings. The van der Waals surface area contributed by atoms with E-state index in [-0.39, 0.29) is 0 Å². The van der Waals surface area contributed by atoms with Crippen molar-refractivity contribution in [2.24, 2.45) is 17.3 Å². The Morgan fingerprint density at radius 1 is 0.642 bits per heavy atom. The molecule has 6 aliphatic rings. The van der Waals surface area contributed by atoms with Crippen LogP contribution in [0.3, 0.4) is 0 Å². The van der Waals surface area contributed by atoms with Gasteiger partial charge < -0.3 is 14.1 Å². The summed E-state index contributed by atoms with van der Waals surface area (Å²) in [6, 6.07) is 22.9. The molecule has 4 nitrogen and oxygen atoms in total. The summed E-state index contributed by atoms with van der Waals surface area (Å²) in [5, 5.41) is 0. The fourth-order valence-electron chi connectivity index (χ4n) is 12.6. The van der Waals surface area contributed by atoms with Gasteiger partial charge in [-0.2, -0.15) is 0 Å². The highest BCUT2D eigenvalue weighted by molar-refractivity contribution is 5.61. The molecule has 2 aromatic heterocycles. The third-order valence-corrected chi connectivity index (χ3v) is 14.2. The molecule has 4 aliphatic carbocycles. The molecule has 9 rings (SSSR count). The smallest absolute Gasteiger partial charge is 0.215 e. The largest absolute Gasteiger partial charge is 0.464 e. The molecule has 0 bridgehead atoms. The summed E-state index contributed by atoms with van der Waals surface area (Å²) in [4.78, 5) is 8.23. The summed E-state index contributed by atoms with van der Waals surface area (Å²) in [5.74, 6) is 1.62. The number of ether oxygens (including phenoxy) is 1. The summed E-state index contributed by atoms with van der Waals surface area (Å²) in [5.41, 5.74) is 2.55. The van der Waals surface area contributed by atoms with Crippen molar-refractivity contribution in [3.05, 3.63) is 150 Å². The summed E-state index contributed by atoms with van der Waals surface area (Å²) < 4.78 is 16.0. The summed E-state index contributed by atoms with van der Waals surface area (Å²) in [7, 11) is 0. The lowest BCUT2D eigenvalue weighted by Gasteiger charge is -2.61. The monoisotopic (exact) mass is 706 g/mol. The average Bonchev–Trinajstić information content (AvgIpc) is 3.77. The predicted octanol–water partition coefficient (Wildman–Crippen LogP) is 12.3. The lowest BCUT2D eigenvalue weighted by Crippen LogP contribution is -2.67. The second-order valence-corrected chi connectivity index (χ2v) is 16.7. The first-order valence-electron chi connectivity index (χ1n) is 21.2. The number of furan rings is 1. The summed E-state index contributed by atoms with van der Waals surface area (Å²) in [6.07, 6.45) is 43.0. The third-order valence-electron chi connectivity index (χ3n) is 14.2. The van der Waals surface area contributed by atoms with Gasteiger partial charge >= 0.3 is 0 Å². The molecule has 3 fully saturated rings. The molecule has 1 saturated heterocycles. The molecular weight excluding hydrogens is 649 g/mol. The van der Waals surface area contributed by atoms with Gasteiger partial charge in [-0.05, 0) is 112 Å². The van der Waals surface area contributed by atoms with Crippen molar-refractivity contribution in [1.29, 1.82) is 0 Å². The number of aromatic nitrogens is 1. The van der Waals surface area contributed by atoms with Gasteiger partial charge in [-0.3, -0.25) is 4.98 Å². The van der Waals surface area contributed by atoms with Gasteiger partial charge in [0, 0.05) is 18.9 Å². The van der Waals surface area contributed by atoms with Crippen LogP contribution in [0.4, 0.5) is 0 Å². The molecule has 0 radical (unpaired) electrons. The molecule has 1 aromatic carbocycles. The Balaban J connectivity index is 1.56. The van der Waals surface area contributed by atoms with Gasteiger partial charge in [0.25, 0.3) is 0 Å². The average molecular weight is 707 g/mol. The number of hydrogen-bond acceptors (Lipinski definition) is 4. The van der Waals surface area contributed by atoms with Gasteiger partial charge in [-0.1, -0.05) is 129 Å². The number of hydrogen-bond donors (Lipinski definition) is 0. The molecule has 0 spiro atoms. The van der Waals surface area contributed by atoms with E-state index >= 15 is 0 Å². The van der Waals surface area contributed by atoms with Crippen LogP contribution in [-0.2, 0) is 15.9 Å². The zero-order valence-electron chi connectivity index (χ0n) is 31.6. The fraction of sp³-hybridized carbons (Fsp3) is 0.490. The lowest BCUT2D eigenvalue weighted by atomic mass is 9.39. The molecule has 0 amide bonds. The van der Waals surface area contributed by atoms with Gasteiger partial charge in [0.05, 0.1) is 28.4 Å². The molecular formula is C49H58N2O2. The first-order chi connectivity index (χ1) is 26.3. The molecule has 4 heterocycles. The summed E-state index contributed by atoms with van der Waals surface area (Å²) in [6.45, 7) is 0.744. The van der Waals surface area contributed by atoms with Crippen LogP contribution >= 0.6 is 0 Å². The molecule has 0 N–H and O–H groups in total. The highest BCUT2D eigenvalue weighted by Gasteiger charge is 2.86. The molecule has 276 valence electrons. The van der Waals surface area contributed by atoms with E-state index < -0.39 is 22.2 Å². The van der Waals surface area contributed by atoms with Crippen molar-refractivity contribution in [1.82, 2.24) is 9.88 Å². The van der Waals surface area contributed by atoms with Crippen molar-refractivity contribution in [3.8, 4) is 0 Å². The second-order valence-electron chi connectivity index (χ2n) is 16.7. The van der Waals surface area contributed by atoms with Crippen LogP contribution in [0.2, 0.25) is 0 Å². The standard InChI is InChI=1S/C49H58N2O2/c1-2-9-30-42(29-8-1)48(43-31-16-6-17-32-43)47(41-27-14-5-15-28-41,44-33-18-19-35-50-44)46(39-23-10-3-11-24-39,40-25-12-4-13-26-40)49(53-48,45-34-22-38-52-45)51-36-20-7-21-37-51/h3,5,7,10,14-15,18-23,25,27-28,33-36,38,42-43H,1-2,4,6,8-9,11-13,16-17,24,26,29-32,37H2. The van der Waals surface area contributed by atoms with E-state index in [1.807, 2.05) is 6.26 Å².